The summed E-state index contributed by atoms with van der Waals surface area (Å²) in [5.74, 6) is 6.82. The zero-order valence-corrected chi connectivity index (χ0v) is 34.3. The highest BCUT2D eigenvalue weighted by Gasteiger charge is 2.15. The van der Waals surface area contributed by atoms with E-state index in [-0.39, 0.29) is 0 Å². The van der Waals surface area contributed by atoms with Crippen LogP contribution < -0.4 is 0 Å². The normalized spacial score (nSPS) is 11.7. The van der Waals surface area contributed by atoms with E-state index in [1.807, 2.05) is 11.3 Å². The first-order chi connectivity index (χ1) is 27.7. The quantitative estimate of drug-likeness (QED) is 0.0667. The Morgan fingerprint density at radius 3 is 1.59 bits per heavy atom. The second-order valence-corrected chi connectivity index (χ2v) is 17.1. The molecule has 0 amide bonds. The van der Waals surface area contributed by atoms with E-state index in [1.165, 1.54) is 137 Å². The lowest BCUT2D eigenvalue weighted by atomic mass is 9.99. The van der Waals surface area contributed by atoms with Gasteiger partial charge in [-0.15, -0.1) is 11.3 Å². The second-order valence-electron chi connectivity index (χ2n) is 16.0. The first-order valence-corrected chi connectivity index (χ1v) is 22.4. The molecule has 2 aromatic heterocycles. The highest BCUT2D eigenvalue weighted by molar-refractivity contribution is 7.26. The van der Waals surface area contributed by atoms with Crippen molar-refractivity contribution in [3.05, 3.63) is 143 Å². The van der Waals surface area contributed by atoms with Crippen molar-refractivity contribution in [1.29, 1.82) is 0 Å². The Labute approximate surface area is 338 Å². The predicted octanol–water partition coefficient (Wildman–Crippen LogP) is 16.1. The summed E-state index contributed by atoms with van der Waals surface area (Å²) in [6.45, 7) is 4.56. The van der Waals surface area contributed by atoms with Crippen molar-refractivity contribution in [2.24, 2.45) is 0 Å². The molecule has 0 N–H and O–H groups in total. The Balaban J connectivity index is 0.952. The van der Waals surface area contributed by atoms with Crippen molar-refractivity contribution in [2.75, 3.05) is 0 Å². The lowest BCUT2D eigenvalue weighted by Gasteiger charge is -2.06. The van der Waals surface area contributed by atoms with Gasteiger partial charge in [0, 0.05) is 52.8 Å². The van der Waals surface area contributed by atoms with Crippen LogP contribution in [-0.4, -0.2) is 0 Å². The Kier molecular flexibility index (Phi) is 12.5. The number of hydrogen-bond donors (Lipinski definition) is 0. The smallest absolute Gasteiger partial charge is 0.143 e. The van der Waals surface area contributed by atoms with E-state index >= 15 is 0 Å². The maximum Gasteiger partial charge on any atom is 0.143 e. The molecule has 284 valence electrons. The summed E-state index contributed by atoms with van der Waals surface area (Å²) in [6.07, 6.45) is 20.6. The fraction of sp³-hybridized carbons (Fsp3) is 0.333. The van der Waals surface area contributed by atoms with Gasteiger partial charge in [0.1, 0.15) is 11.2 Å². The molecule has 0 aliphatic carbocycles. The minimum absolute atomic E-state index is 0.908. The van der Waals surface area contributed by atoms with Crippen LogP contribution in [0, 0.1) is 11.8 Å². The van der Waals surface area contributed by atoms with Crippen LogP contribution in [0.5, 0.6) is 0 Å². The highest BCUT2D eigenvalue weighted by Crippen LogP contribution is 2.42. The topological polar surface area (TPSA) is 13.1 Å². The number of fused-ring (bicyclic) bond motifs is 9. The van der Waals surface area contributed by atoms with Crippen LogP contribution in [0.2, 0.25) is 0 Å². The monoisotopic (exact) mass is 752 g/mol. The van der Waals surface area contributed by atoms with Crippen LogP contribution in [0.25, 0.3) is 52.9 Å². The average Bonchev–Trinajstić information content (AvgIpc) is 3.81. The molecule has 2 heterocycles. The van der Waals surface area contributed by atoms with Crippen molar-refractivity contribution < 1.29 is 4.42 Å². The molecule has 56 heavy (non-hydrogen) atoms. The number of hydrogen-bond acceptors (Lipinski definition) is 2. The Morgan fingerprint density at radius 2 is 0.911 bits per heavy atom. The fourth-order valence-corrected chi connectivity index (χ4v) is 9.64. The van der Waals surface area contributed by atoms with E-state index in [0.717, 1.165) is 52.3 Å². The van der Waals surface area contributed by atoms with Gasteiger partial charge in [0.25, 0.3) is 0 Å². The van der Waals surface area contributed by atoms with Crippen molar-refractivity contribution in [2.45, 2.75) is 117 Å². The predicted molar refractivity (Wildman–Crippen MR) is 245 cm³/mol. The van der Waals surface area contributed by atoms with Gasteiger partial charge in [-0.25, -0.2) is 0 Å². The summed E-state index contributed by atoms with van der Waals surface area (Å²) in [6, 6.07) is 40.8. The molecule has 6 aromatic carbocycles. The van der Waals surface area contributed by atoms with Crippen LogP contribution in [0.1, 0.15) is 124 Å². The van der Waals surface area contributed by atoms with Gasteiger partial charge in [0.2, 0.25) is 0 Å². The highest BCUT2D eigenvalue weighted by atomic mass is 32.1. The van der Waals surface area contributed by atoms with Gasteiger partial charge in [-0.2, -0.15) is 0 Å². The molecular formula is C54H56OS. The first kappa shape index (κ1) is 38.1. The first-order valence-electron chi connectivity index (χ1n) is 21.6. The van der Waals surface area contributed by atoms with E-state index < -0.39 is 0 Å². The third kappa shape index (κ3) is 8.90. The summed E-state index contributed by atoms with van der Waals surface area (Å²) in [4.78, 5) is 0. The molecule has 0 spiro atoms. The summed E-state index contributed by atoms with van der Waals surface area (Å²) < 4.78 is 9.25. The largest absolute Gasteiger partial charge is 0.455 e. The second kappa shape index (κ2) is 18.4. The zero-order valence-electron chi connectivity index (χ0n) is 33.5. The van der Waals surface area contributed by atoms with Crippen molar-refractivity contribution in [3.63, 3.8) is 0 Å². The number of furan rings is 1. The van der Waals surface area contributed by atoms with E-state index in [1.54, 1.807) is 0 Å². The molecule has 0 bridgehead atoms. The van der Waals surface area contributed by atoms with Crippen molar-refractivity contribution in [1.82, 2.24) is 0 Å². The molecule has 0 saturated heterocycles. The molecule has 0 radical (unpaired) electrons. The molecule has 0 atom stereocenters. The van der Waals surface area contributed by atoms with Gasteiger partial charge < -0.3 is 4.42 Å². The van der Waals surface area contributed by atoms with Crippen LogP contribution in [0.4, 0.5) is 0 Å². The summed E-state index contributed by atoms with van der Waals surface area (Å²) in [5.41, 5.74) is 9.65. The molecule has 0 unspecified atom stereocenters. The summed E-state index contributed by atoms with van der Waals surface area (Å²) >= 11 is 1.90. The molecule has 0 aliphatic heterocycles. The van der Waals surface area contributed by atoms with Gasteiger partial charge in [0.15, 0.2) is 0 Å². The van der Waals surface area contributed by atoms with Crippen LogP contribution in [0.15, 0.2) is 114 Å². The average molecular weight is 753 g/mol. The van der Waals surface area contributed by atoms with Gasteiger partial charge in [-0.3, -0.25) is 0 Å². The van der Waals surface area contributed by atoms with E-state index in [0.29, 0.717) is 0 Å². The Morgan fingerprint density at radius 1 is 0.411 bits per heavy atom. The van der Waals surface area contributed by atoms with Gasteiger partial charge in [0.05, 0.1) is 0 Å². The summed E-state index contributed by atoms with van der Waals surface area (Å²) in [7, 11) is 0. The molecule has 0 saturated carbocycles. The van der Waals surface area contributed by atoms with E-state index in [4.69, 9.17) is 4.42 Å². The Hall–Kier alpha value is -4.84. The van der Waals surface area contributed by atoms with E-state index in [9.17, 15) is 0 Å². The third-order valence-corrected chi connectivity index (χ3v) is 13.0. The minimum atomic E-state index is 0.908. The van der Waals surface area contributed by atoms with Crippen LogP contribution in [0.3, 0.4) is 0 Å². The molecular weight excluding hydrogens is 697 g/mol. The maximum atomic E-state index is 6.57. The lowest BCUT2D eigenvalue weighted by Crippen LogP contribution is -1.92. The number of thiophene rings is 1. The zero-order chi connectivity index (χ0) is 38.1. The third-order valence-electron chi connectivity index (χ3n) is 11.8. The molecule has 8 aromatic rings. The maximum absolute atomic E-state index is 6.57. The Bertz CT molecular complexity index is 2600. The molecule has 2 heteroatoms. The number of aryl methyl sites for hydroxylation is 4. The standard InChI is InChI=1S/C54H56OS/c1-3-5-7-9-11-13-15-39-17-21-41(22-18-39)25-27-43-29-35-51-49(37-43)46-32-33-47-45(53(46)55-51)31-34-48-50-38-44(30-36-52(50)56-54(47)48)28-26-42-23-19-40(20-24-42)16-14-12-10-8-6-4-2/h17-24,29-38H,3-16,26,28H2,1-2H3. The van der Waals surface area contributed by atoms with Gasteiger partial charge in [-0.1, -0.05) is 144 Å². The number of rotatable bonds is 17. The molecule has 8 rings (SSSR count). The lowest BCUT2D eigenvalue weighted by molar-refractivity contribution is 0.607. The van der Waals surface area contributed by atoms with Crippen LogP contribution in [-0.2, 0) is 25.7 Å². The molecule has 0 fully saturated rings. The van der Waals surface area contributed by atoms with Crippen molar-refractivity contribution in [3.8, 4) is 11.8 Å². The summed E-state index contributed by atoms with van der Waals surface area (Å²) in [5, 5.41) is 7.40. The SMILES string of the molecule is CCCCCCCCc1ccc(C#Cc2ccc3oc4c(ccc5c4ccc4c6cc(CCc7ccc(CCCCCCCC)cc7)ccc6sc45)c3c2)cc1. The minimum Gasteiger partial charge on any atom is -0.455 e. The van der Waals surface area contributed by atoms with E-state index in [2.05, 4.69) is 135 Å². The number of benzene rings is 6. The van der Waals surface area contributed by atoms with Crippen LogP contribution >= 0.6 is 11.3 Å². The van der Waals surface area contributed by atoms with Gasteiger partial charge >= 0.3 is 0 Å². The fourth-order valence-electron chi connectivity index (χ4n) is 8.43. The molecule has 0 aliphatic rings. The van der Waals surface area contributed by atoms with Crippen molar-refractivity contribution >= 4 is 64.2 Å². The number of unbranched alkanes of at least 4 members (excludes halogenated alkanes) is 10. The molecule has 1 nitrogen and oxygen atoms in total. The van der Waals surface area contributed by atoms with Gasteiger partial charge in [-0.05, 0) is 115 Å².